The van der Waals surface area contributed by atoms with E-state index in [1.807, 2.05) is 0 Å². The summed E-state index contributed by atoms with van der Waals surface area (Å²) < 4.78 is 0. The lowest BCUT2D eigenvalue weighted by Gasteiger charge is -2.26. The summed E-state index contributed by atoms with van der Waals surface area (Å²) in [5, 5.41) is 10.3. The van der Waals surface area contributed by atoms with Crippen molar-refractivity contribution in [1.29, 1.82) is 0 Å². The number of carbonyl (C=O) groups excluding carboxylic acids is 3. The molecule has 0 heterocycles. The van der Waals surface area contributed by atoms with Crippen LogP contribution in [0.2, 0.25) is 0 Å². The SMILES string of the molecule is CC(=O)N(N)C(=O)C(O)(C(N)=O)c1ccccc1. The molecule has 0 bridgehead atoms. The molecule has 0 saturated heterocycles. The zero-order valence-corrected chi connectivity index (χ0v) is 9.66. The Morgan fingerprint density at radius 3 is 2.11 bits per heavy atom. The monoisotopic (exact) mass is 251 g/mol. The number of imide groups is 1. The van der Waals surface area contributed by atoms with Gasteiger partial charge in [0.2, 0.25) is 11.5 Å². The summed E-state index contributed by atoms with van der Waals surface area (Å²) in [5.74, 6) is 1.76. The number of hydrazine groups is 1. The molecule has 1 atom stereocenters. The number of benzene rings is 1. The van der Waals surface area contributed by atoms with Crippen molar-refractivity contribution in [2.45, 2.75) is 12.5 Å². The molecule has 7 nitrogen and oxygen atoms in total. The minimum atomic E-state index is -2.66. The third-order valence-electron chi connectivity index (χ3n) is 2.42. The van der Waals surface area contributed by atoms with Gasteiger partial charge in [-0.1, -0.05) is 30.3 Å². The van der Waals surface area contributed by atoms with Gasteiger partial charge in [0.05, 0.1) is 0 Å². The predicted molar refractivity (Wildman–Crippen MR) is 61.2 cm³/mol. The van der Waals surface area contributed by atoms with Gasteiger partial charge in [-0.25, -0.2) is 10.9 Å². The van der Waals surface area contributed by atoms with Gasteiger partial charge in [0.15, 0.2) is 0 Å². The van der Waals surface area contributed by atoms with Crippen molar-refractivity contribution in [2.24, 2.45) is 11.6 Å². The fraction of sp³-hybridized carbons (Fsp3) is 0.182. The van der Waals surface area contributed by atoms with Crippen LogP contribution in [0.25, 0.3) is 0 Å². The van der Waals surface area contributed by atoms with Crippen LogP contribution in [0, 0.1) is 0 Å². The van der Waals surface area contributed by atoms with Crippen molar-refractivity contribution in [3.63, 3.8) is 0 Å². The fourth-order valence-corrected chi connectivity index (χ4v) is 1.37. The maximum Gasteiger partial charge on any atom is 0.290 e. The van der Waals surface area contributed by atoms with Gasteiger partial charge in [-0.2, -0.15) is 0 Å². The van der Waals surface area contributed by atoms with E-state index in [4.69, 9.17) is 11.6 Å². The Bertz CT molecular complexity index is 488. The van der Waals surface area contributed by atoms with E-state index in [9.17, 15) is 19.5 Å². The van der Waals surface area contributed by atoms with Crippen LogP contribution in [-0.4, -0.2) is 27.8 Å². The molecule has 1 rings (SSSR count). The highest BCUT2D eigenvalue weighted by Gasteiger charge is 2.47. The number of carbonyl (C=O) groups is 3. The first-order valence-electron chi connectivity index (χ1n) is 4.99. The number of hydrogen-bond acceptors (Lipinski definition) is 5. The Morgan fingerprint density at radius 2 is 1.72 bits per heavy atom. The van der Waals surface area contributed by atoms with Gasteiger partial charge >= 0.3 is 0 Å². The molecular formula is C11H13N3O4. The smallest absolute Gasteiger partial charge is 0.290 e. The van der Waals surface area contributed by atoms with Crippen LogP contribution in [0.5, 0.6) is 0 Å². The lowest BCUT2D eigenvalue weighted by atomic mass is 9.92. The number of rotatable bonds is 3. The molecule has 1 aromatic rings. The van der Waals surface area contributed by atoms with Crippen LogP contribution in [0.15, 0.2) is 30.3 Å². The Kier molecular flexibility index (Phi) is 3.79. The summed E-state index contributed by atoms with van der Waals surface area (Å²) in [6.45, 7) is 1.02. The predicted octanol–water partition coefficient (Wildman–Crippen LogP) is -1.39. The van der Waals surface area contributed by atoms with Gasteiger partial charge in [-0.3, -0.25) is 14.4 Å². The maximum absolute atomic E-state index is 11.9. The van der Waals surface area contributed by atoms with Crippen molar-refractivity contribution >= 4 is 17.7 Å². The first-order valence-corrected chi connectivity index (χ1v) is 4.99. The lowest BCUT2D eigenvalue weighted by Crippen LogP contribution is -2.57. The van der Waals surface area contributed by atoms with Crippen LogP contribution in [-0.2, 0) is 20.0 Å². The second kappa shape index (κ2) is 4.94. The molecule has 5 N–H and O–H groups in total. The van der Waals surface area contributed by atoms with Gasteiger partial charge in [0.1, 0.15) is 0 Å². The van der Waals surface area contributed by atoms with Crippen LogP contribution < -0.4 is 11.6 Å². The van der Waals surface area contributed by atoms with Crippen molar-refractivity contribution in [1.82, 2.24) is 5.01 Å². The molecule has 0 spiro atoms. The summed E-state index contributed by atoms with van der Waals surface area (Å²) in [6.07, 6.45) is 0. The molecule has 3 amide bonds. The number of hydrogen-bond donors (Lipinski definition) is 3. The van der Waals surface area contributed by atoms with Crippen LogP contribution in [0.4, 0.5) is 0 Å². The summed E-state index contributed by atoms with van der Waals surface area (Å²) in [7, 11) is 0. The number of primary amides is 1. The highest BCUT2D eigenvalue weighted by atomic mass is 16.3. The van der Waals surface area contributed by atoms with Crippen molar-refractivity contribution < 1.29 is 19.5 Å². The van der Waals surface area contributed by atoms with Gasteiger partial charge in [-0.15, -0.1) is 0 Å². The first-order chi connectivity index (χ1) is 8.31. The average molecular weight is 251 g/mol. The second-order valence-corrected chi connectivity index (χ2v) is 3.63. The van der Waals surface area contributed by atoms with E-state index < -0.39 is 23.3 Å². The third-order valence-corrected chi connectivity index (χ3v) is 2.42. The number of nitrogens with two attached hydrogens (primary N) is 2. The van der Waals surface area contributed by atoms with E-state index in [0.717, 1.165) is 6.92 Å². The summed E-state index contributed by atoms with van der Waals surface area (Å²) >= 11 is 0. The average Bonchev–Trinajstić information content (AvgIpc) is 2.36. The minimum absolute atomic E-state index is 0.0563. The van der Waals surface area contributed by atoms with Crippen molar-refractivity contribution in [3.05, 3.63) is 35.9 Å². The van der Waals surface area contributed by atoms with Crippen LogP contribution in [0.3, 0.4) is 0 Å². The molecule has 18 heavy (non-hydrogen) atoms. The molecule has 1 aromatic carbocycles. The van der Waals surface area contributed by atoms with E-state index in [2.05, 4.69) is 0 Å². The van der Waals surface area contributed by atoms with E-state index in [1.165, 1.54) is 24.3 Å². The third kappa shape index (κ3) is 2.22. The van der Waals surface area contributed by atoms with Gasteiger partial charge in [0, 0.05) is 12.5 Å². The van der Waals surface area contributed by atoms with Crippen LogP contribution >= 0.6 is 0 Å². The van der Waals surface area contributed by atoms with E-state index in [-0.39, 0.29) is 10.6 Å². The molecule has 96 valence electrons. The van der Waals surface area contributed by atoms with Crippen LogP contribution in [0.1, 0.15) is 12.5 Å². The van der Waals surface area contributed by atoms with Crippen molar-refractivity contribution in [3.8, 4) is 0 Å². The van der Waals surface area contributed by atoms with E-state index in [1.54, 1.807) is 6.07 Å². The Hall–Kier alpha value is -2.25. The molecule has 0 fully saturated rings. The lowest BCUT2D eigenvalue weighted by molar-refractivity contribution is -0.164. The second-order valence-electron chi connectivity index (χ2n) is 3.63. The highest BCUT2D eigenvalue weighted by Crippen LogP contribution is 2.22. The Balaban J connectivity index is 3.30. The van der Waals surface area contributed by atoms with Crippen molar-refractivity contribution in [2.75, 3.05) is 0 Å². The first kappa shape index (κ1) is 13.8. The zero-order valence-electron chi connectivity index (χ0n) is 9.66. The Morgan fingerprint density at radius 1 is 1.22 bits per heavy atom. The van der Waals surface area contributed by atoms with Gasteiger partial charge < -0.3 is 10.8 Å². The van der Waals surface area contributed by atoms with E-state index >= 15 is 0 Å². The summed E-state index contributed by atoms with van der Waals surface area (Å²) in [5.41, 5.74) is 2.32. The standard InChI is InChI=1S/C11H13N3O4/c1-7(15)14(13)10(17)11(18,9(12)16)8-5-3-2-4-6-8/h2-6,18H,13H2,1H3,(H2,12,16). The molecule has 0 radical (unpaired) electrons. The summed E-state index contributed by atoms with van der Waals surface area (Å²) in [4.78, 5) is 34.2. The molecule has 7 heteroatoms. The Labute approximate surface area is 103 Å². The maximum atomic E-state index is 11.9. The highest BCUT2D eigenvalue weighted by molar-refractivity contribution is 6.12. The molecule has 0 aliphatic rings. The quantitative estimate of drug-likeness (QED) is 0.264. The number of amides is 3. The van der Waals surface area contributed by atoms with Gasteiger partial charge in [-0.05, 0) is 0 Å². The number of nitrogens with zero attached hydrogens (tertiary/aromatic N) is 1. The normalized spacial score (nSPS) is 13.5. The molecule has 0 aromatic heterocycles. The summed E-state index contributed by atoms with van der Waals surface area (Å²) in [6, 6.07) is 7.30. The topological polar surface area (TPSA) is 127 Å². The minimum Gasteiger partial charge on any atom is -0.368 e. The molecule has 0 saturated carbocycles. The largest absolute Gasteiger partial charge is 0.368 e. The molecule has 0 aliphatic carbocycles. The number of aliphatic hydroxyl groups is 1. The van der Waals surface area contributed by atoms with Gasteiger partial charge in [0.25, 0.3) is 11.8 Å². The van der Waals surface area contributed by atoms with E-state index in [0.29, 0.717) is 0 Å². The fourth-order valence-electron chi connectivity index (χ4n) is 1.37. The zero-order chi connectivity index (χ0) is 13.9. The molecule has 0 aliphatic heterocycles. The molecular weight excluding hydrogens is 238 g/mol. The molecule has 1 unspecified atom stereocenters.